The van der Waals surface area contributed by atoms with Crippen molar-refractivity contribution in [2.45, 2.75) is 0 Å². The normalized spacial score (nSPS) is 10.0. The average Bonchev–Trinajstić information content (AvgIpc) is 2.79. The second kappa shape index (κ2) is 4.39. The van der Waals surface area contributed by atoms with Crippen LogP contribution in [0.1, 0.15) is 0 Å². The van der Waals surface area contributed by atoms with Gasteiger partial charge in [0.1, 0.15) is 6.61 Å². The van der Waals surface area contributed by atoms with Crippen LogP contribution in [0.15, 0.2) is 31.1 Å². The maximum absolute atomic E-state index is 5.53. The van der Waals surface area contributed by atoms with Crippen molar-refractivity contribution in [1.82, 2.24) is 24.7 Å². The van der Waals surface area contributed by atoms with Crippen LogP contribution < -0.4 is 10.5 Å². The Balaban J connectivity index is 2.32. The van der Waals surface area contributed by atoms with Gasteiger partial charge in [-0.3, -0.25) is 0 Å². The van der Waals surface area contributed by atoms with E-state index in [1.54, 1.807) is 24.5 Å². The summed E-state index contributed by atoms with van der Waals surface area (Å²) >= 11 is 0. The molecule has 2 aromatic heterocycles. The molecule has 0 aliphatic heterocycles. The first-order chi connectivity index (χ1) is 7.79. The second-order valence-electron chi connectivity index (χ2n) is 2.83. The number of nitrogens with two attached hydrogens (primary N) is 1. The Morgan fingerprint density at radius 1 is 1.44 bits per heavy atom. The second-order valence-corrected chi connectivity index (χ2v) is 2.83. The van der Waals surface area contributed by atoms with E-state index in [4.69, 9.17) is 10.5 Å². The number of ether oxygens (including phenoxy) is 1. The topological polar surface area (TPSA) is 91.7 Å². The molecule has 2 heterocycles. The third kappa shape index (κ3) is 2.14. The lowest BCUT2D eigenvalue weighted by atomic mass is 10.7. The van der Waals surface area contributed by atoms with Gasteiger partial charge >= 0.3 is 6.01 Å². The Hall–Kier alpha value is -2.44. The highest BCUT2D eigenvalue weighted by molar-refractivity contribution is 5.24. The number of aromatic nitrogens is 5. The van der Waals surface area contributed by atoms with Gasteiger partial charge in [0, 0.05) is 12.4 Å². The summed E-state index contributed by atoms with van der Waals surface area (Å²) in [6.07, 6.45) is 4.91. The molecule has 82 valence electrons. The van der Waals surface area contributed by atoms with E-state index in [9.17, 15) is 0 Å². The summed E-state index contributed by atoms with van der Waals surface area (Å²) in [6, 6.07) is 1.91. The summed E-state index contributed by atoms with van der Waals surface area (Å²) < 4.78 is 6.64. The highest BCUT2D eigenvalue weighted by atomic mass is 16.5. The van der Waals surface area contributed by atoms with Gasteiger partial charge in [-0.25, -0.2) is 4.68 Å². The summed E-state index contributed by atoms with van der Waals surface area (Å²) in [4.78, 5) is 11.8. The molecule has 7 heteroatoms. The van der Waals surface area contributed by atoms with Crippen molar-refractivity contribution >= 4 is 5.95 Å². The van der Waals surface area contributed by atoms with E-state index < -0.39 is 0 Å². The number of hydrogen-bond donors (Lipinski definition) is 1. The first kappa shape index (κ1) is 10.1. The molecule has 0 atom stereocenters. The van der Waals surface area contributed by atoms with Crippen molar-refractivity contribution in [3.63, 3.8) is 0 Å². The van der Waals surface area contributed by atoms with Gasteiger partial charge in [-0.05, 0) is 6.07 Å². The molecule has 0 fully saturated rings. The van der Waals surface area contributed by atoms with E-state index in [0.717, 1.165) is 0 Å². The molecule has 0 amide bonds. The molecule has 2 rings (SSSR count). The van der Waals surface area contributed by atoms with Gasteiger partial charge in [0.25, 0.3) is 5.95 Å². The summed E-state index contributed by atoms with van der Waals surface area (Å²) in [5, 5.41) is 3.98. The lowest BCUT2D eigenvalue weighted by molar-refractivity contribution is 0.332. The third-order valence-corrected chi connectivity index (χ3v) is 1.66. The van der Waals surface area contributed by atoms with Crippen LogP contribution >= 0.6 is 0 Å². The Labute approximate surface area is 91.6 Å². The zero-order chi connectivity index (χ0) is 11.4. The van der Waals surface area contributed by atoms with Gasteiger partial charge in [-0.2, -0.15) is 20.1 Å². The predicted molar refractivity (Wildman–Crippen MR) is 57.1 cm³/mol. The largest absolute Gasteiger partial charge is 0.459 e. The van der Waals surface area contributed by atoms with E-state index in [0.29, 0.717) is 12.6 Å². The quantitative estimate of drug-likeness (QED) is 0.737. The number of hydrogen-bond acceptors (Lipinski definition) is 6. The van der Waals surface area contributed by atoms with Crippen molar-refractivity contribution < 1.29 is 4.74 Å². The molecule has 2 aromatic rings. The van der Waals surface area contributed by atoms with E-state index in [1.807, 2.05) is 0 Å². The van der Waals surface area contributed by atoms with E-state index >= 15 is 0 Å². The maximum Gasteiger partial charge on any atom is 0.323 e. The van der Waals surface area contributed by atoms with Gasteiger partial charge in [-0.15, -0.1) is 0 Å². The Bertz CT molecular complexity index is 481. The van der Waals surface area contributed by atoms with Crippen LogP contribution in [0.5, 0.6) is 6.01 Å². The van der Waals surface area contributed by atoms with Crippen molar-refractivity contribution in [2.24, 2.45) is 0 Å². The van der Waals surface area contributed by atoms with Gasteiger partial charge in [0.2, 0.25) is 5.95 Å². The molecular formula is C9H10N6O. The lowest BCUT2D eigenvalue weighted by Gasteiger charge is -2.04. The number of anilines is 1. The van der Waals surface area contributed by atoms with Crippen LogP contribution in [0.25, 0.3) is 5.95 Å². The van der Waals surface area contributed by atoms with Crippen LogP contribution in [-0.2, 0) is 0 Å². The van der Waals surface area contributed by atoms with Crippen LogP contribution in [0, 0.1) is 0 Å². The fourth-order valence-corrected chi connectivity index (χ4v) is 1.05. The standard InChI is InChI=1S/C9H10N6O/c1-2-6-16-9-13-7(10)12-8(14-9)15-5-3-4-11-15/h2-5H,1,6H2,(H2,10,12,13,14). The number of nitrogen functional groups attached to an aromatic ring is 1. The zero-order valence-electron chi connectivity index (χ0n) is 8.45. The predicted octanol–water partition coefficient (Wildman–Crippen LogP) is 0.204. The summed E-state index contributed by atoms with van der Waals surface area (Å²) in [7, 11) is 0. The van der Waals surface area contributed by atoms with Crippen molar-refractivity contribution in [2.75, 3.05) is 12.3 Å². The molecule has 0 saturated carbocycles. The van der Waals surface area contributed by atoms with Crippen molar-refractivity contribution in [3.05, 3.63) is 31.1 Å². The highest BCUT2D eigenvalue weighted by Gasteiger charge is 2.06. The van der Waals surface area contributed by atoms with Crippen LogP contribution in [0.4, 0.5) is 5.95 Å². The molecule has 0 saturated heterocycles. The highest BCUT2D eigenvalue weighted by Crippen LogP contribution is 2.07. The molecular weight excluding hydrogens is 208 g/mol. The minimum Gasteiger partial charge on any atom is -0.459 e. The molecule has 0 bridgehead atoms. The molecule has 16 heavy (non-hydrogen) atoms. The molecule has 2 N–H and O–H groups in total. The maximum atomic E-state index is 5.53. The lowest BCUT2D eigenvalue weighted by Crippen LogP contribution is -2.09. The SMILES string of the molecule is C=CCOc1nc(N)nc(-n2cccn2)n1. The fourth-order valence-electron chi connectivity index (χ4n) is 1.05. The molecule has 0 aromatic carbocycles. The summed E-state index contributed by atoms with van der Waals surface area (Å²) in [5.74, 6) is 0.399. The molecule has 0 aliphatic carbocycles. The van der Waals surface area contributed by atoms with E-state index in [-0.39, 0.29) is 12.0 Å². The van der Waals surface area contributed by atoms with Gasteiger partial charge in [-0.1, -0.05) is 12.7 Å². The smallest absolute Gasteiger partial charge is 0.323 e. The van der Waals surface area contributed by atoms with Gasteiger partial charge in [0.15, 0.2) is 0 Å². The molecule has 0 radical (unpaired) electrons. The molecule has 7 nitrogen and oxygen atoms in total. The minimum atomic E-state index is 0.0829. The zero-order valence-corrected chi connectivity index (χ0v) is 8.45. The summed E-state index contributed by atoms with van der Waals surface area (Å²) in [6.45, 7) is 3.83. The monoisotopic (exact) mass is 218 g/mol. The number of rotatable bonds is 4. The average molecular weight is 218 g/mol. The molecule has 0 aliphatic rings. The third-order valence-electron chi connectivity index (χ3n) is 1.66. The summed E-state index contributed by atoms with van der Waals surface area (Å²) in [5.41, 5.74) is 5.53. The Kier molecular flexibility index (Phi) is 2.77. The van der Waals surface area contributed by atoms with Crippen molar-refractivity contribution in [3.8, 4) is 12.0 Å². The van der Waals surface area contributed by atoms with Gasteiger partial charge < -0.3 is 10.5 Å². The van der Waals surface area contributed by atoms with E-state index in [2.05, 4.69) is 26.6 Å². The van der Waals surface area contributed by atoms with E-state index in [1.165, 1.54) is 4.68 Å². The minimum absolute atomic E-state index is 0.0829. The van der Waals surface area contributed by atoms with Gasteiger partial charge in [0.05, 0.1) is 0 Å². The Morgan fingerprint density at radius 2 is 2.31 bits per heavy atom. The fraction of sp³-hybridized carbons (Fsp3) is 0.111. The van der Waals surface area contributed by atoms with Crippen molar-refractivity contribution in [1.29, 1.82) is 0 Å². The first-order valence-electron chi connectivity index (χ1n) is 4.55. The number of nitrogens with zero attached hydrogens (tertiary/aromatic N) is 5. The molecule has 0 unspecified atom stereocenters. The van der Waals surface area contributed by atoms with Crippen LogP contribution in [0.3, 0.4) is 0 Å². The van der Waals surface area contributed by atoms with Crippen LogP contribution in [0.2, 0.25) is 0 Å². The first-order valence-corrected chi connectivity index (χ1v) is 4.55. The Morgan fingerprint density at radius 3 is 3.00 bits per heavy atom. The molecule has 0 spiro atoms. The van der Waals surface area contributed by atoms with Crippen LogP contribution in [-0.4, -0.2) is 31.3 Å².